The Morgan fingerprint density at radius 1 is 1.12 bits per heavy atom. The minimum atomic E-state index is -0.315. The van der Waals surface area contributed by atoms with E-state index in [1.807, 2.05) is 30.3 Å². The third-order valence-corrected chi connectivity index (χ3v) is 6.29. The van der Waals surface area contributed by atoms with Gasteiger partial charge < -0.3 is 10.7 Å². The third-order valence-electron chi connectivity index (χ3n) is 6.29. The van der Waals surface area contributed by atoms with Crippen LogP contribution in [0, 0.1) is 27.6 Å². The first-order chi connectivity index (χ1) is 16.5. The van der Waals surface area contributed by atoms with Crippen molar-refractivity contribution in [3.8, 4) is 17.3 Å². The van der Waals surface area contributed by atoms with E-state index in [2.05, 4.69) is 31.3 Å². The second-order valence-electron chi connectivity index (χ2n) is 8.47. The number of nitriles is 1. The van der Waals surface area contributed by atoms with Crippen molar-refractivity contribution in [3.05, 3.63) is 60.4 Å². The average Bonchev–Trinajstić information content (AvgIpc) is 3.65. The lowest BCUT2D eigenvalue weighted by Gasteiger charge is -2.27. The number of anilines is 3. The van der Waals surface area contributed by atoms with Crippen LogP contribution in [0.25, 0.3) is 11.3 Å². The van der Waals surface area contributed by atoms with Crippen molar-refractivity contribution in [1.29, 1.82) is 16.1 Å². The van der Waals surface area contributed by atoms with Gasteiger partial charge in [-0.2, -0.15) is 5.26 Å². The lowest BCUT2D eigenvalue weighted by molar-refractivity contribution is 0.691. The fourth-order valence-corrected chi connectivity index (χ4v) is 4.33. The molecule has 5 rings (SSSR count). The molecule has 1 aliphatic carbocycles. The van der Waals surface area contributed by atoms with Gasteiger partial charge in [-0.05, 0) is 56.2 Å². The zero-order chi connectivity index (χ0) is 23.9. The molecular formula is C24H22N10. The Morgan fingerprint density at radius 2 is 1.88 bits per heavy atom. The fourth-order valence-electron chi connectivity index (χ4n) is 4.33. The molecule has 0 radical (unpaired) electrons. The largest absolute Gasteiger partial charge is 0.339 e. The van der Waals surface area contributed by atoms with Gasteiger partial charge in [0, 0.05) is 23.2 Å². The van der Waals surface area contributed by atoms with Gasteiger partial charge in [-0.1, -0.05) is 11.3 Å². The minimum absolute atomic E-state index is 0.295. The Bertz CT molecular complexity index is 1350. The second-order valence-corrected chi connectivity index (χ2v) is 8.47. The molecule has 0 amide bonds. The van der Waals surface area contributed by atoms with Gasteiger partial charge in [0.15, 0.2) is 5.82 Å². The van der Waals surface area contributed by atoms with Crippen LogP contribution in [0.1, 0.15) is 25.3 Å². The van der Waals surface area contributed by atoms with Crippen LogP contribution in [0.4, 0.5) is 22.9 Å². The zero-order valence-corrected chi connectivity index (χ0v) is 18.5. The van der Waals surface area contributed by atoms with Crippen LogP contribution in [-0.4, -0.2) is 28.2 Å². The summed E-state index contributed by atoms with van der Waals surface area (Å²) in [4.78, 5) is 12.6. The predicted molar refractivity (Wildman–Crippen MR) is 130 cm³/mol. The second kappa shape index (κ2) is 8.04. The van der Waals surface area contributed by atoms with E-state index in [9.17, 15) is 5.26 Å². The summed E-state index contributed by atoms with van der Waals surface area (Å²) in [5.41, 5.74) is 4.29. The minimum Gasteiger partial charge on any atom is -0.339 e. The predicted octanol–water partition coefficient (Wildman–Crippen LogP) is 4.69. The molecule has 0 unspecified atom stereocenters. The van der Waals surface area contributed by atoms with Gasteiger partial charge in [-0.3, -0.25) is 20.7 Å². The standard InChI is InChI=1S/C24H22N10/c1-15(26)34-20-7-4-17(19-12-30-22(13-29-19)31-32-28)10-21(20)33(14-24(8-9-24)23(34)27)18-5-2-16(11-25)3-6-18/h2-7,10,12-13,26-27H,8-9,14H2,1H3,(H2,28,30,31). The fraction of sp³-hybridized carbons (Fsp3) is 0.208. The van der Waals surface area contributed by atoms with E-state index in [0.717, 1.165) is 35.5 Å². The van der Waals surface area contributed by atoms with Crippen LogP contribution in [-0.2, 0) is 0 Å². The Hall–Kier alpha value is -4.65. The molecule has 1 spiro atoms. The first-order valence-corrected chi connectivity index (χ1v) is 10.8. The Balaban J connectivity index is 1.67. The average molecular weight is 451 g/mol. The normalized spacial score (nSPS) is 16.3. The number of aromatic nitrogens is 2. The quantitative estimate of drug-likeness (QED) is 0.173. The Labute approximate surface area is 196 Å². The van der Waals surface area contributed by atoms with Crippen LogP contribution in [0.3, 0.4) is 0 Å². The van der Waals surface area contributed by atoms with E-state index >= 15 is 0 Å². The van der Waals surface area contributed by atoms with Crippen LogP contribution in [0.5, 0.6) is 0 Å². The molecule has 3 aromatic rings. The number of fused-ring (bicyclic) bond motifs is 1. The number of hydrogen-bond acceptors (Lipinski definition) is 8. The highest BCUT2D eigenvalue weighted by Crippen LogP contribution is 2.54. The summed E-state index contributed by atoms with van der Waals surface area (Å²) >= 11 is 0. The highest BCUT2D eigenvalue weighted by atomic mass is 15.3. The van der Waals surface area contributed by atoms with Crippen molar-refractivity contribution in [2.45, 2.75) is 19.8 Å². The highest BCUT2D eigenvalue weighted by molar-refractivity contribution is 6.21. The molecule has 2 aliphatic rings. The van der Waals surface area contributed by atoms with Crippen molar-refractivity contribution in [2.75, 3.05) is 16.3 Å². The molecule has 1 saturated carbocycles. The molecule has 4 N–H and O–H groups in total. The highest BCUT2D eigenvalue weighted by Gasteiger charge is 2.53. The van der Waals surface area contributed by atoms with Gasteiger partial charge >= 0.3 is 0 Å². The number of hydrogen-bond donors (Lipinski definition) is 3. The first kappa shape index (κ1) is 21.2. The number of nitrogens with two attached hydrogens (primary N) is 1. The zero-order valence-electron chi connectivity index (χ0n) is 18.5. The molecule has 0 bridgehead atoms. The lowest BCUT2D eigenvalue weighted by Crippen LogP contribution is -2.40. The van der Waals surface area contributed by atoms with Gasteiger partial charge in [0.05, 0.1) is 41.1 Å². The number of nitrogens with one attached hydrogen (secondary N) is 2. The van der Waals surface area contributed by atoms with Crippen LogP contribution < -0.4 is 15.6 Å². The monoisotopic (exact) mass is 450 g/mol. The molecular weight excluding hydrogens is 428 g/mol. The van der Waals surface area contributed by atoms with Crippen molar-refractivity contribution in [1.82, 2.24) is 9.97 Å². The van der Waals surface area contributed by atoms with Crippen molar-refractivity contribution in [3.63, 3.8) is 0 Å². The Kier molecular flexibility index (Phi) is 5.02. The molecule has 1 aromatic heterocycles. The van der Waals surface area contributed by atoms with E-state index in [1.54, 1.807) is 30.2 Å². The molecule has 168 valence electrons. The number of benzene rings is 2. The van der Waals surface area contributed by atoms with Crippen molar-refractivity contribution in [2.24, 2.45) is 21.6 Å². The van der Waals surface area contributed by atoms with Crippen molar-refractivity contribution < 1.29 is 0 Å². The van der Waals surface area contributed by atoms with Gasteiger partial charge in [0.2, 0.25) is 0 Å². The molecule has 0 atom stereocenters. The van der Waals surface area contributed by atoms with Crippen LogP contribution in [0.15, 0.2) is 65.2 Å². The van der Waals surface area contributed by atoms with E-state index in [1.165, 1.54) is 6.20 Å². The molecule has 10 nitrogen and oxygen atoms in total. The molecule has 34 heavy (non-hydrogen) atoms. The molecule has 10 heteroatoms. The topological polar surface area (TPSA) is 154 Å². The Morgan fingerprint density at radius 3 is 2.47 bits per heavy atom. The van der Waals surface area contributed by atoms with Crippen LogP contribution >= 0.6 is 0 Å². The third kappa shape index (κ3) is 3.53. The van der Waals surface area contributed by atoms with Crippen molar-refractivity contribution >= 4 is 34.6 Å². The lowest BCUT2D eigenvalue weighted by atomic mass is 10.0. The van der Waals surface area contributed by atoms with E-state index < -0.39 is 0 Å². The molecule has 1 fully saturated rings. The van der Waals surface area contributed by atoms with E-state index in [4.69, 9.17) is 16.7 Å². The molecule has 2 aromatic carbocycles. The molecule has 1 aliphatic heterocycles. The maximum absolute atomic E-state index is 9.23. The maximum atomic E-state index is 9.23. The van der Waals surface area contributed by atoms with Gasteiger partial charge in [-0.15, -0.1) is 5.11 Å². The molecule has 2 heterocycles. The van der Waals surface area contributed by atoms with Gasteiger partial charge in [-0.25, -0.2) is 4.98 Å². The summed E-state index contributed by atoms with van der Waals surface area (Å²) in [5, 5.41) is 33.6. The summed E-state index contributed by atoms with van der Waals surface area (Å²) in [6, 6.07) is 15.4. The summed E-state index contributed by atoms with van der Waals surface area (Å²) < 4.78 is 0. The number of nitrogens with zero attached hydrogens (tertiary/aromatic N) is 7. The summed E-state index contributed by atoms with van der Waals surface area (Å²) in [5.74, 6) is 6.15. The van der Waals surface area contributed by atoms with Gasteiger partial charge in [0.25, 0.3) is 0 Å². The maximum Gasteiger partial charge on any atom is 0.194 e. The number of amidine groups is 2. The van der Waals surface area contributed by atoms with E-state index in [0.29, 0.717) is 35.3 Å². The van der Waals surface area contributed by atoms with Crippen LogP contribution in [0.2, 0.25) is 0 Å². The molecule has 0 saturated heterocycles. The summed E-state index contributed by atoms with van der Waals surface area (Å²) in [6.45, 7) is 2.31. The smallest absolute Gasteiger partial charge is 0.194 e. The number of rotatable bonds is 3. The summed E-state index contributed by atoms with van der Waals surface area (Å²) in [7, 11) is 0. The van der Waals surface area contributed by atoms with E-state index in [-0.39, 0.29) is 5.41 Å². The SMILES string of the molecule is CC(=N)N1C(=N)C2(CC2)CN(c2ccc(C#N)cc2)c2cc(-c3cnc(N=NN)cn3)ccc21. The summed E-state index contributed by atoms with van der Waals surface area (Å²) in [6.07, 6.45) is 4.90. The van der Waals surface area contributed by atoms with Gasteiger partial charge in [0.1, 0.15) is 11.7 Å². The first-order valence-electron chi connectivity index (χ1n) is 10.8.